The van der Waals surface area contributed by atoms with Gasteiger partial charge >= 0.3 is 0 Å². The van der Waals surface area contributed by atoms with Gasteiger partial charge in [0.25, 0.3) is 0 Å². The Kier molecular flexibility index (Phi) is 6.61. The number of aromatic nitrogens is 3. The molecule has 3 aromatic carbocycles. The summed E-state index contributed by atoms with van der Waals surface area (Å²) in [5.41, 5.74) is 2.88. The third kappa shape index (κ3) is 4.98. The molecule has 4 aromatic rings. The van der Waals surface area contributed by atoms with Gasteiger partial charge in [0.1, 0.15) is 0 Å². The van der Waals surface area contributed by atoms with Gasteiger partial charge in [-0.15, -0.1) is 5.10 Å². The Hall–Kier alpha value is -2.90. The van der Waals surface area contributed by atoms with Crippen LogP contribution >= 0.6 is 27.7 Å². The highest BCUT2D eigenvalue weighted by Crippen LogP contribution is 2.27. The average Bonchev–Trinajstić information content (AvgIpc) is 3.26. The number of amides is 1. The molecule has 0 atom stereocenters. The molecule has 0 aliphatic carbocycles. The first-order chi connectivity index (χ1) is 14.7. The first-order valence-corrected chi connectivity index (χ1v) is 11.2. The van der Waals surface area contributed by atoms with Crippen molar-refractivity contribution in [3.63, 3.8) is 0 Å². The van der Waals surface area contributed by atoms with E-state index < -0.39 is 0 Å². The Morgan fingerprint density at radius 2 is 1.60 bits per heavy atom. The van der Waals surface area contributed by atoms with E-state index in [9.17, 15) is 4.79 Å². The molecule has 0 saturated carbocycles. The van der Waals surface area contributed by atoms with Crippen LogP contribution in [0, 0.1) is 0 Å². The Balaban J connectivity index is 1.47. The van der Waals surface area contributed by atoms with Crippen LogP contribution in [0.5, 0.6) is 0 Å². The lowest BCUT2D eigenvalue weighted by molar-refractivity contribution is -0.116. The van der Waals surface area contributed by atoms with Crippen molar-refractivity contribution in [3.05, 3.63) is 95.0 Å². The highest BCUT2D eigenvalue weighted by Gasteiger charge is 2.18. The molecule has 0 radical (unpaired) electrons. The van der Waals surface area contributed by atoms with Gasteiger partial charge in [-0.3, -0.25) is 9.89 Å². The zero-order valence-corrected chi connectivity index (χ0v) is 18.4. The summed E-state index contributed by atoms with van der Waals surface area (Å²) in [6.07, 6.45) is 0. The number of carbonyl (C=O) groups is 1. The van der Waals surface area contributed by atoms with Gasteiger partial charge < -0.3 is 4.90 Å². The van der Waals surface area contributed by atoms with Crippen LogP contribution in [0.1, 0.15) is 5.56 Å². The molecule has 1 N–H and O–H groups in total. The van der Waals surface area contributed by atoms with Crippen molar-refractivity contribution in [1.29, 1.82) is 0 Å². The first-order valence-electron chi connectivity index (χ1n) is 9.40. The maximum atomic E-state index is 13.1. The maximum Gasteiger partial charge on any atom is 0.237 e. The third-order valence-electron chi connectivity index (χ3n) is 4.47. The van der Waals surface area contributed by atoms with Crippen LogP contribution in [0.25, 0.3) is 11.4 Å². The Labute approximate surface area is 187 Å². The molecule has 0 bridgehead atoms. The van der Waals surface area contributed by atoms with Gasteiger partial charge in [-0.1, -0.05) is 94.4 Å². The molecule has 0 saturated heterocycles. The van der Waals surface area contributed by atoms with E-state index in [2.05, 4.69) is 31.1 Å². The Morgan fingerprint density at radius 1 is 0.933 bits per heavy atom. The van der Waals surface area contributed by atoms with Gasteiger partial charge in [-0.25, -0.2) is 4.98 Å². The second-order valence-electron chi connectivity index (χ2n) is 6.54. The maximum absolute atomic E-state index is 13.1. The minimum atomic E-state index is 0.00212. The highest BCUT2D eigenvalue weighted by atomic mass is 79.9. The summed E-state index contributed by atoms with van der Waals surface area (Å²) in [7, 11) is 0. The second-order valence-corrected chi connectivity index (χ2v) is 8.33. The van der Waals surface area contributed by atoms with E-state index >= 15 is 0 Å². The summed E-state index contributed by atoms with van der Waals surface area (Å²) in [5.74, 6) is 0.915. The zero-order chi connectivity index (χ0) is 20.8. The van der Waals surface area contributed by atoms with Gasteiger partial charge in [0, 0.05) is 15.7 Å². The summed E-state index contributed by atoms with van der Waals surface area (Å²) >= 11 is 4.85. The quantitative estimate of drug-likeness (QED) is 0.353. The van der Waals surface area contributed by atoms with Crippen LogP contribution in [0.15, 0.2) is 94.6 Å². The van der Waals surface area contributed by atoms with Gasteiger partial charge in [0.15, 0.2) is 5.82 Å². The molecule has 1 aromatic heterocycles. The number of thioether (sulfide) groups is 1. The van der Waals surface area contributed by atoms with Gasteiger partial charge in [0.05, 0.1) is 12.3 Å². The molecule has 0 fully saturated rings. The molecule has 0 unspecified atom stereocenters. The van der Waals surface area contributed by atoms with Crippen molar-refractivity contribution >= 4 is 39.3 Å². The average molecular weight is 479 g/mol. The van der Waals surface area contributed by atoms with Crippen molar-refractivity contribution in [2.45, 2.75) is 11.7 Å². The van der Waals surface area contributed by atoms with Crippen molar-refractivity contribution in [3.8, 4) is 11.4 Å². The lowest BCUT2D eigenvalue weighted by Crippen LogP contribution is -2.31. The summed E-state index contributed by atoms with van der Waals surface area (Å²) in [6, 6.07) is 27.5. The SMILES string of the molecule is O=C(CSc1n[nH]c(-c2ccccc2Br)n1)N(Cc1ccccc1)c1ccccc1. The standard InChI is InChI=1S/C23H19BrN4OS/c24-20-14-8-7-13-19(20)22-25-23(27-26-22)30-16-21(29)28(18-11-5-2-6-12-18)15-17-9-3-1-4-10-17/h1-14H,15-16H2,(H,25,26,27). The van der Waals surface area contributed by atoms with E-state index in [-0.39, 0.29) is 11.7 Å². The molecule has 0 aliphatic rings. The van der Waals surface area contributed by atoms with Gasteiger partial charge in [0.2, 0.25) is 11.1 Å². The van der Waals surface area contributed by atoms with E-state index in [1.54, 1.807) is 4.90 Å². The summed E-state index contributed by atoms with van der Waals surface area (Å²) in [5, 5.41) is 7.75. The summed E-state index contributed by atoms with van der Waals surface area (Å²) < 4.78 is 0.937. The fourth-order valence-electron chi connectivity index (χ4n) is 2.99. The van der Waals surface area contributed by atoms with Crippen LogP contribution in [-0.2, 0) is 11.3 Å². The lowest BCUT2D eigenvalue weighted by Gasteiger charge is -2.22. The highest BCUT2D eigenvalue weighted by molar-refractivity contribution is 9.10. The number of hydrogen-bond donors (Lipinski definition) is 1. The van der Waals surface area contributed by atoms with Crippen LogP contribution in [0.2, 0.25) is 0 Å². The van der Waals surface area contributed by atoms with Crippen LogP contribution in [-0.4, -0.2) is 26.8 Å². The van der Waals surface area contributed by atoms with Gasteiger partial charge in [-0.05, 0) is 23.8 Å². The predicted molar refractivity (Wildman–Crippen MR) is 124 cm³/mol. The number of carbonyl (C=O) groups excluding carboxylic acids is 1. The Bertz CT molecular complexity index is 1120. The summed E-state index contributed by atoms with van der Waals surface area (Å²) in [6.45, 7) is 0.514. The van der Waals surface area contributed by atoms with Crippen molar-refractivity contribution < 1.29 is 4.79 Å². The summed E-state index contributed by atoms with van der Waals surface area (Å²) in [4.78, 5) is 19.4. The van der Waals surface area contributed by atoms with Crippen LogP contribution in [0.3, 0.4) is 0 Å². The number of nitrogens with one attached hydrogen (secondary N) is 1. The number of aromatic amines is 1. The normalized spacial score (nSPS) is 10.7. The molecule has 0 aliphatic heterocycles. The van der Waals surface area contributed by atoms with E-state index in [4.69, 9.17) is 0 Å². The molecule has 7 heteroatoms. The molecule has 30 heavy (non-hydrogen) atoms. The van der Waals surface area contributed by atoms with Crippen molar-refractivity contribution in [2.24, 2.45) is 0 Å². The topological polar surface area (TPSA) is 61.9 Å². The van der Waals surface area contributed by atoms with E-state index in [1.807, 2.05) is 84.9 Å². The lowest BCUT2D eigenvalue weighted by atomic mass is 10.2. The number of rotatable bonds is 7. The van der Waals surface area contributed by atoms with Crippen molar-refractivity contribution in [2.75, 3.05) is 10.7 Å². The van der Waals surface area contributed by atoms with Gasteiger partial charge in [-0.2, -0.15) is 0 Å². The third-order valence-corrected chi connectivity index (χ3v) is 5.99. The molecular weight excluding hydrogens is 460 g/mol. The smallest absolute Gasteiger partial charge is 0.237 e. The monoisotopic (exact) mass is 478 g/mol. The van der Waals surface area contributed by atoms with Crippen molar-refractivity contribution in [1.82, 2.24) is 15.2 Å². The zero-order valence-electron chi connectivity index (χ0n) is 16.0. The molecule has 0 spiro atoms. The number of nitrogens with zero attached hydrogens (tertiary/aromatic N) is 3. The minimum Gasteiger partial charge on any atom is -0.307 e. The van der Waals surface area contributed by atoms with E-state index in [1.165, 1.54) is 11.8 Å². The fraction of sp³-hybridized carbons (Fsp3) is 0.0870. The first kappa shape index (κ1) is 20.4. The Morgan fingerprint density at radius 3 is 2.33 bits per heavy atom. The number of hydrogen-bond acceptors (Lipinski definition) is 4. The largest absolute Gasteiger partial charge is 0.307 e. The molecule has 150 valence electrons. The number of H-pyrrole nitrogens is 1. The van der Waals surface area contributed by atoms with Crippen LogP contribution in [0.4, 0.5) is 5.69 Å². The number of halogens is 1. The predicted octanol–water partition coefficient (Wildman–Crippen LogP) is 5.56. The van der Waals surface area contributed by atoms with E-state index in [0.29, 0.717) is 17.5 Å². The minimum absolute atomic E-state index is 0.00212. The molecule has 5 nitrogen and oxygen atoms in total. The number of para-hydroxylation sites is 1. The molecular formula is C23H19BrN4OS. The number of benzene rings is 3. The second kappa shape index (κ2) is 9.73. The van der Waals surface area contributed by atoms with E-state index in [0.717, 1.165) is 21.3 Å². The molecule has 1 amide bonds. The molecule has 4 rings (SSSR count). The fourth-order valence-corrected chi connectivity index (χ4v) is 4.13. The van der Waals surface area contributed by atoms with Crippen LogP contribution < -0.4 is 4.90 Å². The molecule has 1 heterocycles. The number of anilines is 1.